The first-order valence-electron chi connectivity index (χ1n) is 9.65. The van der Waals surface area contributed by atoms with Gasteiger partial charge < -0.3 is 10.2 Å². The highest BCUT2D eigenvalue weighted by atomic mass is 35.5. The Bertz CT molecular complexity index is 963. The van der Waals surface area contributed by atoms with Crippen LogP contribution in [-0.4, -0.2) is 40.5 Å². The number of rotatable bonds is 5. The first-order chi connectivity index (χ1) is 14.6. The average Bonchev–Trinajstić information content (AvgIpc) is 2.73. The Kier molecular flexibility index (Phi) is 7.48. The maximum absolute atomic E-state index is 12.7. The van der Waals surface area contributed by atoms with Gasteiger partial charge in [0.05, 0.1) is 16.3 Å². The number of anilines is 1. The number of piperidine rings is 1. The van der Waals surface area contributed by atoms with E-state index in [1.54, 1.807) is 4.90 Å². The molecule has 2 heterocycles. The lowest BCUT2D eigenvalue weighted by molar-refractivity contribution is -0.138. The van der Waals surface area contributed by atoms with Crippen LogP contribution in [0.4, 0.5) is 18.9 Å². The number of nitrogens with one attached hydrogen (secondary N) is 1. The van der Waals surface area contributed by atoms with E-state index in [4.69, 9.17) is 11.6 Å². The first kappa shape index (κ1) is 23.4. The van der Waals surface area contributed by atoms with Crippen LogP contribution in [0.2, 0.25) is 5.02 Å². The van der Waals surface area contributed by atoms with Crippen LogP contribution >= 0.6 is 23.4 Å². The number of carbonyl (C=O) groups excluding carboxylic acids is 2. The van der Waals surface area contributed by atoms with E-state index in [0.29, 0.717) is 32.1 Å². The molecule has 0 bridgehead atoms. The summed E-state index contributed by atoms with van der Waals surface area (Å²) in [5, 5.41) is 2.98. The van der Waals surface area contributed by atoms with E-state index in [1.807, 2.05) is 31.2 Å². The second kappa shape index (κ2) is 9.91. The first-order valence-corrected chi connectivity index (χ1v) is 11.0. The van der Waals surface area contributed by atoms with Crippen molar-refractivity contribution in [3.63, 3.8) is 0 Å². The zero-order valence-electron chi connectivity index (χ0n) is 16.7. The van der Waals surface area contributed by atoms with Gasteiger partial charge in [0.2, 0.25) is 11.8 Å². The number of para-hydroxylation sites is 1. The van der Waals surface area contributed by atoms with E-state index in [-0.39, 0.29) is 33.5 Å². The van der Waals surface area contributed by atoms with Gasteiger partial charge in [0.15, 0.2) is 0 Å². The van der Waals surface area contributed by atoms with Crippen LogP contribution in [0.25, 0.3) is 0 Å². The molecule has 5 nitrogen and oxygen atoms in total. The summed E-state index contributed by atoms with van der Waals surface area (Å²) in [6, 6.07) is 8.34. The largest absolute Gasteiger partial charge is 0.417 e. The van der Waals surface area contributed by atoms with Crippen molar-refractivity contribution in [1.29, 1.82) is 0 Å². The van der Waals surface area contributed by atoms with Gasteiger partial charge in [0.25, 0.3) is 0 Å². The smallest absolute Gasteiger partial charge is 0.342 e. The number of nitrogens with zero attached hydrogens (tertiary/aromatic N) is 2. The summed E-state index contributed by atoms with van der Waals surface area (Å²) in [4.78, 5) is 30.4. The van der Waals surface area contributed by atoms with E-state index < -0.39 is 11.7 Å². The van der Waals surface area contributed by atoms with E-state index in [2.05, 4.69) is 10.3 Å². The van der Waals surface area contributed by atoms with Gasteiger partial charge in [-0.3, -0.25) is 9.59 Å². The lowest BCUT2D eigenvalue weighted by Gasteiger charge is -2.31. The number of alkyl halides is 3. The van der Waals surface area contributed by atoms with Crippen molar-refractivity contribution < 1.29 is 22.8 Å². The molecule has 1 saturated heterocycles. The quantitative estimate of drug-likeness (QED) is 0.621. The number of thioether (sulfide) groups is 1. The molecule has 0 spiro atoms. The molecule has 0 saturated carbocycles. The molecule has 1 fully saturated rings. The van der Waals surface area contributed by atoms with Crippen LogP contribution in [0.15, 0.2) is 41.6 Å². The molecular formula is C21H21ClF3N3O2S. The summed E-state index contributed by atoms with van der Waals surface area (Å²) in [7, 11) is 0. The summed E-state index contributed by atoms with van der Waals surface area (Å²) in [5.74, 6) is -0.391. The van der Waals surface area contributed by atoms with Crippen molar-refractivity contribution in [1.82, 2.24) is 9.88 Å². The molecule has 166 valence electrons. The van der Waals surface area contributed by atoms with Crippen molar-refractivity contribution in [2.24, 2.45) is 5.92 Å². The lowest BCUT2D eigenvalue weighted by Crippen LogP contribution is -2.42. The summed E-state index contributed by atoms with van der Waals surface area (Å²) < 4.78 is 38.1. The Balaban J connectivity index is 1.48. The third kappa shape index (κ3) is 6.13. The number of likely N-dealkylation sites (tertiary alicyclic amines) is 1. The molecule has 2 amide bonds. The number of pyridine rings is 1. The SMILES string of the molecule is Cc1ccccc1NC(=O)C1CCN(C(=O)CSc2ncc(C(F)(F)F)cc2Cl)CC1. The molecule has 0 aliphatic carbocycles. The molecule has 1 aromatic heterocycles. The number of aromatic nitrogens is 1. The van der Waals surface area contributed by atoms with Crippen LogP contribution < -0.4 is 5.32 Å². The summed E-state index contributed by atoms with van der Waals surface area (Å²) in [6.07, 6.45) is -2.72. The predicted molar refractivity (Wildman–Crippen MR) is 114 cm³/mol. The molecule has 31 heavy (non-hydrogen) atoms. The fraction of sp³-hybridized carbons (Fsp3) is 0.381. The number of aryl methyl sites for hydroxylation is 1. The number of hydrogen-bond donors (Lipinski definition) is 1. The van der Waals surface area contributed by atoms with E-state index >= 15 is 0 Å². The van der Waals surface area contributed by atoms with Crippen molar-refractivity contribution in [2.75, 3.05) is 24.2 Å². The second-order valence-electron chi connectivity index (χ2n) is 7.26. The highest BCUT2D eigenvalue weighted by Gasteiger charge is 2.32. The zero-order chi connectivity index (χ0) is 22.6. The van der Waals surface area contributed by atoms with Crippen LogP contribution in [0.1, 0.15) is 24.0 Å². The molecule has 0 radical (unpaired) electrons. The van der Waals surface area contributed by atoms with Crippen molar-refractivity contribution in [3.8, 4) is 0 Å². The Morgan fingerprint density at radius 1 is 1.26 bits per heavy atom. The van der Waals surface area contributed by atoms with Crippen molar-refractivity contribution in [2.45, 2.75) is 31.0 Å². The third-order valence-electron chi connectivity index (χ3n) is 5.09. The number of benzene rings is 1. The minimum atomic E-state index is -4.52. The van der Waals surface area contributed by atoms with Gasteiger partial charge in [-0.25, -0.2) is 4.98 Å². The average molecular weight is 472 g/mol. The Morgan fingerprint density at radius 2 is 1.94 bits per heavy atom. The highest BCUT2D eigenvalue weighted by Crippen LogP contribution is 2.34. The van der Waals surface area contributed by atoms with Crippen LogP contribution in [0, 0.1) is 12.8 Å². The summed E-state index contributed by atoms with van der Waals surface area (Å²) >= 11 is 6.88. The minimum absolute atomic E-state index is 0.0121. The molecule has 1 aliphatic rings. The van der Waals surface area contributed by atoms with E-state index in [0.717, 1.165) is 29.1 Å². The molecule has 1 N–H and O–H groups in total. The van der Waals surface area contributed by atoms with Gasteiger partial charge in [0, 0.05) is 30.9 Å². The third-order valence-corrected chi connectivity index (χ3v) is 6.48. The Hall–Kier alpha value is -2.26. The summed E-state index contributed by atoms with van der Waals surface area (Å²) in [6.45, 7) is 2.81. The van der Waals surface area contributed by atoms with Crippen LogP contribution in [0.5, 0.6) is 0 Å². The zero-order valence-corrected chi connectivity index (χ0v) is 18.3. The maximum Gasteiger partial charge on any atom is 0.417 e. The lowest BCUT2D eigenvalue weighted by atomic mass is 9.95. The molecule has 1 aliphatic heterocycles. The summed E-state index contributed by atoms with van der Waals surface area (Å²) in [5.41, 5.74) is 0.832. The second-order valence-corrected chi connectivity index (χ2v) is 8.63. The van der Waals surface area contributed by atoms with Gasteiger partial charge in [-0.15, -0.1) is 0 Å². The fourth-order valence-electron chi connectivity index (χ4n) is 3.25. The number of amides is 2. The van der Waals surface area contributed by atoms with Crippen molar-refractivity contribution >= 4 is 40.9 Å². The van der Waals surface area contributed by atoms with Crippen LogP contribution in [0.3, 0.4) is 0 Å². The van der Waals surface area contributed by atoms with E-state index in [1.165, 1.54) is 0 Å². The highest BCUT2D eigenvalue weighted by molar-refractivity contribution is 8.00. The van der Waals surface area contributed by atoms with Crippen LogP contribution in [-0.2, 0) is 15.8 Å². The van der Waals surface area contributed by atoms with E-state index in [9.17, 15) is 22.8 Å². The minimum Gasteiger partial charge on any atom is -0.342 e. The maximum atomic E-state index is 12.7. The molecule has 0 unspecified atom stereocenters. The number of carbonyl (C=O) groups is 2. The van der Waals surface area contributed by atoms with Gasteiger partial charge in [-0.1, -0.05) is 41.6 Å². The molecule has 2 aromatic rings. The van der Waals surface area contributed by atoms with Gasteiger partial charge >= 0.3 is 6.18 Å². The molecule has 10 heteroatoms. The van der Waals surface area contributed by atoms with Gasteiger partial charge in [0.1, 0.15) is 5.03 Å². The van der Waals surface area contributed by atoms with Gasteiger partial charge in [-0.05, 0) is 37.5 Å². The van der Waals surface area contributed by atoms with Gasteiger partial charge in [-0.2, -0.15) is 13.2 Å². The monoisotopic (exact) mass is 471 g/mol. The Labute approximate surface area is 187 Å². The molecular weight excluding hydrogens is 451 g/mol. The molecule has 3 rings (SSSR count). The number of hydrogen-bond acceptors (Lipinski definition) is 4. The topological polar surface area (TPSA) is 62.3 Å². The van der Waals surface area contributed by atoms with Crippen molar-refractivity contribution in [3.05, 3.63) is 52.7 Å². The fourth-order valence-corrected chi connectivity index (χ4v) is 4.34. The normalized spacial score (nSPS) is 15.1. The molecule has 1 aromatic carbocycles. The molecule has 0 atom stereocenters. The predicted octanol–water partition coefficient (Wildman–Crippen LogP) is 5.03. The standard InChI is InChI=1S/C21H21ClF3N3O2S/c1-13-4-2-3-5-17(13)27-19(30)14-6-8-28(9-7-14)18(29)12-31-20-16(22)10-15(11-26-20)21(23,24)25/h2-5,10-11,14H,6-9,12H2,1H3,(H,27,30). The number of halogens is 4. The Morgan fingerprint density at radius 3 is 2.55 bits per heavy atom.